The van der Waals surface area contributed by atoms with Crippen LogP contribution < -0.4 is 21.6 Å². The maximum Gasteiger partial charge on any atom is 0.349 e. The second-order valence-corrected chi connectivity index (χ2v) is 11.8. The number of rotatable bonds is 10. The van der Waals surface area contributed by atoms with Crippen LogP contribution in [0.1, 0.15) is 34.3 Å². The van der Waals surface area contributed by atoms with Crippen LogP contribution in [0.5, 0.6) is 0 Å². The molecular formula is C33H32Cl2N6O5. The summed E-state index contributed by atoms with van der Waals surface area (Å²) in [4.78, 5) is 57.1. The molecule has 3 amide bonds. The minimum absolute atomic E-state index is 0.0214. The lowest BCUT2D eigenvalue weighted by Crippen LogP contribution is -2.58. The highest BCUT2D eigenvalue weighted by Gasteiger charge is 2.38. The Bertz CT molecular complexity index is 1740. The molecule has 46 heavy (non-hydrogen) atoms. The van der Waals surface area contributed by atoms with Crippen LogP contribution in [-0.2, 0) is 23.4 Å². The van der Waals surface area contributed by atoms with Crippen molar-refractivity contribution in [2.75, 3.05) is 18.4 Å². The van der Waals surface area contributed by atoms with Gasteiger partial charge in [-0.1, -0.05) is 89.9 Å². The van der Waals surface area contributed by atoms with Crippen molar-refractivity contribution in [2.24, 2.45) is 0 Å². The molecular weight excluding hydrogens is 631 g/mol. The molecule has 0 unspecified atom stereocenters. The monoisotopic (exact) mass is 662 g/mol. The minimum Gasteiger partial charge on any atom is -0.480 e. The van der Waals surface area contributed by atoms with E-state index >= 15 is 0 Å². The maximum absolute atomic E-state index is 13.3. The van der Waals surface area contributed by atoms with E-state index in [1.54, 1.807) is 6.07 Å². The van der Waals surface area contributed by atoms with Crippen LogP contribution in [0.4, 0.5) is 10.6 Å². The first-order chi connectivity index (χ1) is 22.1. The van der Waals surface area contributed by atoms with E-state index < -0.39 is 41.7 Å². The summed E-state index contributed by atoms with van der Waals surface area (Å²) in [5.74, 6) is -2.08. The fourth-order valence-electron chi connectivity index (χ4n) is 5.50. The van der Waals surface area contributed by atoms with Gasteiger partial charge in [-0.3, -0.25) is 14.3 Å². The van der Waals surface area contributed by atoms with Gasteiger partial charge in [0.05, 0.1) is 27.7 Å². The van der Waals surface area contributed by atoms with Gasteiger partial charge in [-0.15, -0.1) is 0 Å². The third-order valence-electron chi connectivity index (χ3n) is 7.93. The van der Waals surface area contributed by atoms with E-state index in [1.807, 2.05) is 48.5 Å². The molecule has 1 aromatic heterocycles. The number of amides is 3. The van der Waals surface area contributed by atoms with Crippen molar-refractivity contribution in [3.8, 4) is 0 Å². The van der Waals surface area contributed by atoms with Crippen LogP contribution in [0.2, 0.25) is 10.0 Å². The molecule has 0 spiro atoms. The molecule has 3 aromatic carbocycles. The molecule has 0 bridgehead atoms. The Kier molecular flexibility index (Phi) is 10.4. The van der Waals surface area contributed by atoms with Crippen LogP contribution in [-0.4, -0.2) is 56.6 Å². The van der Waals surface area contributed by atoms with Gasteiger partial charge in [0, 0.05) is 25.8 Å². The van der Waals surface area contributed by atoms with Gasteiger partial charge in [0.1, 0.15) is 11.9 Å². The summed E-state index contributed by atoms with van der Waals surface area (Å²) in [6, 6.07) is 23.6. The summed E-state index contributed by atoms with van der Waals surface area (Å²) in [5.41, 5.74) is 0.600. The van der Waals surface area contributed by atoms with E-state index in [-0.39, 0.29) is 21.4 Å². The predicted octanol–water partition coefficient (Wildman–Crippen LogP) is 4.75. The normalized spacial score (nSPS) is 15.0. The standard InChI is InChI=1S/C33H32Cl2N6O5/c34-24-12-7-13-25(35)28(24)29(42)37-27-14-17-41(32(46)38-27)21-26(30(43)44)36-31(45)39-33(23-10-5-2-6-11-23)15-18-40(19-16-33)20-22-8-3-1-4-9-22/h1-14,17,26H,15-16,18-21H2,(H,43,44)(H2,36,39,45)(H,37,38,42,46)/t26-/m0/s1. The third-order valence-corrected chi connectivity index (χ3v) is 8.56. The summed E-state index contributed by atoms with van der Waals surface area (Å²) in [6.45, 7) is 1.83. The smallest absolute Gasteiger partial charge is 0.349 e. The number of likely N-dealkylation sites (tertiary alicyclic amines) is 1. The van der Waals surface area contributed by atoms with E-state index in [2.05, 4.69) is 38.0 Å². The zero-order chi connectivity index (χ0) is 32.7. The Hall–Kier alpha value is -4.71. The van der Waals surface area contributed by atoms with Crippen molar-refractivity contribution in [3.63, 3.8) is 0 Å². The number of aromatic nitrogens is 2. The number of carboxylic acids is 1. The van der Waals surface area contributed by atoms with Gasteiger partial charge in [0.2, 0.25) is 0 Å². The largest absolute Gasteiger partial charge is 0.480 e. The van der Waals surface area contributed by atoms with E-state index in [0.717, 1.165) is 29.8 Å². The van der Waals surface area contributed by atoms with Gasteiger partial charge in [-0.25, -0.2) is 14.4 Å². The molecule has 238 valence electrons. The lowest BCUT2D eigenvalue weighted by atomic mass is 9.80. The van der Waals surface area contributed by atoms with Crippen molar-refractivity contribution in [1.82, 2.24) is 25.1 Å². The number of urea groups is 1. The molecule has 11 nitrogen and oxygen atoms in total. The molecule has 1 saturated heterocycles. The Morgan fingerprint density at radius 3 is 2.13 bits per heavy atom. The molecule has 1 atom stereocenters. The van der Waals surface area contributed by atoms with Gasteiger partial charge < -0.3 is 21.1 Å². The first kappa shape index (κ1) is 32.7. The molecule has 1 aliphatic heterocycles. The Morgan fingerprint density at radius 2 is 1.52 bits per heavy atom. The topological polar surface area (TPSA) is 146 Å². The van der Waals surface area contributed by atoms with Crippen LogP contribution in [0, 0.1) is 0 Å². The van der Waals surface area contributed by atoms with E-state index in [1.165, 1.54) is 30.0 Å². The molecule has 5 rings (SSSR count). The number of hydrogen-bond donors (Lipinski definition) is 4. The predicted molar refractivity (Wildman–Crippen MR) is 175 cm³/mol. The van der Waals surface area contributed by atoms with Crippen molar-refractivity contribution < 1.29 is 19.5 Å². The summed E-state index contributed by atoms with van der Waals surface area (Å²) in [7, 11) is 0. The Balaban J connectivity index is 1.25. The molecule has 2 heterocycles. The SMILES string of the molecule is O=C(N[C@@H](Cn1ccc(NC(=O)c2c(Cl)cccc2Cl)nc1=O)C(=O)O)NC1(c2ccccc2)CCN(Cc2ccccc2)CC1. The number of benzene rings is 3. The Morgan fingerprint density at radius 1 is 0.891 bits per heavy atom. The molecule has 4 aromatic rings. The number of carbonyl (C=O) groups excluding carboxylic acids is 2. The summed E-state index contributed by atoms with van der Waals surface area (Å²) >= 11 is 12.2. The van der Waals surface area contributed by atoms with E-state index in [0.29, 0.717) is 12.8 Å². The summed E-state index contributed by atoms with van der Waals surface area (Å²) < 4.78 is 1.03. The zero-order valence-corrected chi connectivity index (χ0v) is 26.2. The van der Waals surface area contributed by atoms with Crippen LogP contribution >= 0.6 is 23.2 Å². The highest BCUT2D eigenvalue weighted by molar-refractivity contribution is 6.40. The molecule has 1 fully saturated rings. The average Bonchev–Trinajstić information content (AvgIpc) is 3.03. The molecule has 0 radical (unpaired) electrons. The van der Waals surface area contributed by atoms with Crippen molar-refractivity contribution in [3.05, 3.63) is 128 Å². The average molecular weight is 664 g/mol. The Labute approximate surface area is 275 Å². The van der Waals surface area contributed by atoms with Crippen LogP contribution in [0.3, 0.4) is 0 Å². The van der Waals surface area contributed by atoms with Crippen molar-refractivity contribution in [2.45, 2.75) is 37.5 Å². The number of nitrogens with one attached hydrogen (secondary N) is 3. The van der Waals surface area contributed by atoms with Gasteiger partial charge in [-0.2, -0.15) is 4.98 Å². The van der Waals surface area contributed by atoms with Crippen molar-refractivity contribution in [1.29, 1.82) is 0 Å². The number of carbonyl (C=O) groups is 3. The fraction of sp³-hybridized carbons (Fsp3) is 0.242. The molecule has 4 N–H and O–H groups in total. The second-order valence-electron chi connectivity index (χ2n) is 11.0. The van der Waals surface area contributed by atoms with Crippen LogP contribution in [0.25, 0.3) is 0 Å². The number of aliphatic carboxylic acids is 1. The molecule has 13 heteroatoms. The number of anilines is 1. The van der Waals surface area contributed by atoms with Gasteiger partial charge >= 0.3 is 17.7 Å². The lowest BCUT2D eigenvalue weighted by molar-refractivity contribution is -0.139. The van der Waals surface area contributed by atoms with E-state index in [9.17, 15) is 24.3 Å². The number of halogens is 2. The van der Waals surface area contributed by atoms with Gasteiger partial charge in [0.15, 0.2) is 0 Å². The highest BCUT2D eigenvalue weighted by Crippen LogP contribution is 2.33. The maximum atomic E-state index is 13.3. The number of nitrogens with zero attached hydrogens (tertiary/aromatic N) is 3. The fourth-order valence-corrected chi connectivity index (χ4v) is 6.07. The van der Waals surface area contributed by atoms with Crippen molar-refractivity contribution >= 4 is 46.9 Å². The quantitative estimate of drug-likeness (QED) is 0.192. The van der Waals surface area contributed by atoms with E-state index in [4.69, 9.17) is 23.2 Å². The van der Waals surface area contributed by atoms with Gasteiger partial charge in [0.25, 0.3) is 5.91 Å². The first-order valence-electron chi connectivity index (χ1n) is 14.6. The second kappa shape index (κ2) is 14.6. The van der Waals surface area contributed by atoms with Crippen LogP contribution in [0.15, 0.2) is 95.9 Å². The number of piperidine rings is 1. The number of hydrogen-bond acceptors (Lipinski definition) is 6. The molecule has 0 aliphatic carbocycles. The first-order valence-corrected chi connectivity index (χ1v) is 15.4. The summed E-state index contributed by atoms with van der Waals surface area (Å²) in [6.07, 6.45) is 2.51. The summed E-state index contributed by atoms with van der Waals surface area (Å²) in [5, 5.41) is 18.2. The molecule has 0 saturated carbocycles. The lowest BCUT2D eigenvalue weighted by Gasteiger charge is -2.43. The number of carboxylic acid groups (broad SMARTS) is 1. The van der Waals surface area contributed by atoms with Gasteiger partial charge in [-0.05, 0) is 42.2 Å². The minimum atomic E-state index is -1.45. The zero-order valence-electron chi connectivity index (χ0n) is 24.7. The highest BCUT2D eigenvalue weighted by atomic mass is 35.5. The third kappa shape index (κ3) is 7.92. The molecule has 1 aliphatic rings.